The van der Waals surface area contributed by atoms with Crippen molar-refractivity contribution >= 4 is 11.6 Å². The standard InChI is InChI=1S/C16H18ClNO/c1-10-3-6-16(19-10)11(2)18-15-8-12-4-5-14(17)7-13(12)9-15/h3-7,11,15,18H,8-9H2,1-2H3. The summed E-state index contributed by atoms with van der Waals surface area (Å²) >= 11 is 6.04. The van der Waals surface area contributed by atoms with Gasteiger partial charge in [0, 0.05) is 11.1 Å². The van der Waals surface area contributed by atoms with Gasteiger partial charge >= 0.3 is 0 Å². The Morgan fingerprint density at radius 1 is 1.21 bits per heavy atom. The molecule has 2 unspecified atom stereocenters. The van der Waals surface area contributed by atoms with E-state index in [1.165, 1.54) is 11.1 Å². The minimum absolute atomic E-state index is 0.239. The molecule has 1 aromatic heterocycles. The number of halogens is 1. The topological polar surface area (TPSA) is 25.2 Å². The minimum atomic E-state index is 0.239. The summed E-state index contributed by atoms with van der Waals surface area (Å²) in [5, 5.41) is 4.47. The van der Waals surface area contributed by atoms with Crippen LogP contribution in [0.25, 0.3) is 0 Å². The molecule has 19 heavy (non-hydrogen) atoms. The normalized spacial score (nSPS) is 19.4. The van der Waals surface area contributed by atoms with E-state index in [-0.39, 0.29) is 6.04 Å². The van der Waals surface area contributed by atoms with Crippen molar-refractivity contribution in [2.45, 2.75) is 38.8 Å². The van der Waals surface area contributed by atoms with Crippen molar-refractivity contribution in [3.63, 3.8) is 0 Å². The number of benzene rings is 1. The highest BCUT2D eigenvalue weighted by atomic mass is 35.5. The first kappa shape index (κ1) is 12.8. The predicted molar refractivity (Wildman–Crippen MR) is 77.6 cm³/mol. The molecule has 2 aromatic rings. The van der Waals surface area contributed by atoms with E-state index < -0.39 is 0 Å². The third kappa shape index (κ3) is 2.70. The number of hydrogen-bond acceptors (Lipinski definition) is 2. The second-order valence-electron chi connectivity index (χ2n) is 5.35. The highest BCUT2D eigenvalue weighted by molar-refractivity contribution is 6.30. The third-order valence-corrected chi connectivity index (χ3v) is 4.01. The largest absolute Gasteiger partial charge is 0.465 e. The van der Waals surface area contributed by atoms with Crippen LogP contribution in [0, 0.1) is 6.92 Å². The number of aryl methyl sites for hydroxylation is 1. The van der Waals surface area contributed by atoms with Crippen molar-refractivity contribution in [3.05, 3.63) is 58.0 Å². The SMILES string of the molecule is Cc1ccc(C(C)NC2Cc3ccc(Cl)cc3C2)o1. The van der Waals surface area contributed by atoms with Crippen LogP contribution in [0.5, 0.6) is 0 Å². The lowest BCUT2D eigenvalue weighted by atomic mass is 10.1. The number of hydrogen-bond donors (Lipinski definition) is 1. The summed E-state index contributed by atoms with van der Waals surface area (Å²) < 4.78 is 5.67. The van der Waals surface area contributed by atoms with Gasteiger partial charge in [0.05, 0.1) is 6.04 Å². The third-order valence-electron chi connectivity index (χ3n) is 3.77. The fourth-order valence-electron chi connectivity index (χ4n) is 2.83. The number of nitrogens with one attached hydrogen (secondary N) is 1. The molecule has 2 atom stereocenters. The molecule has 0 aliphatic heterocycles. The molecule has 0 fully saturated rings. The molecule has 0 radical (unpaired) electrons. The second-order valence-corrected chi connectivity index (χ2v) is 5.79. The van der Waals surface area contributed by atoms with E-state index in [2.05, 4.69) is 24.4 Å². The Morgan fingerprint density at radius 3 is 2.74 bits per heavy atom. The van der Waals surface area contributed by atoms with Crippen LogP contribution in [0.4, 0.5) is 0 Å². The molecule has 1 aliphatic rings. The molecule has 1 heterocycles. The summed E-state index contributed by atoms with van der Waals surface area (Å²) in [6.45, 7) is 4.12. The Kier molecular flexibility index (Phi) is 3.38. The zero-order chi connectivity index (χ0) is 13.4. The highest BCUT2D eigenvalue weighted by Gasteiger charge is 2.23. The second kappa shape index (κ2) is 5.03. The van der Waals surface area contributed by atoms with Crippen LogP contribution in [0.1, 0.15) is 35.6 Å². The summed E-state index contributed by atoms with van der Waals surface area (Å²) in [6.07, 6.45) is 2.11. The van der Waals surface area contributed by atoms with Gasteiger partial charge in [0.2, 0.25) is 0 Å². The van der Waals surface area contributed by atoms with Crippen molar-refractivity contribution < 1.29 is 4.42 Å². The molecule has 2 nitrogen and oxygen atoms in total. The maximum absolute atomic E-state index is 6.04. The summed E-state index contributed by atoms with van der Waals surface area (Å²) in [6, 6.07) is 11.0. The van der Waals surface area contributed by atoms with E-state index in [4.69, 9.17) is 16.0 Å². The summed E-state index contributed by atoms with van der Waals surface area (Å²) in [5.41, 5.74) is 2.78. The van der Waals surface area contributed by atoms with E-state index in [9.17, 15) is 0 Å². The lowest BCUT2D eigenvalue weighted by Crippen LogP contribution is -2.31. The molecule has 0 bridgehead atoms. The molecule has 0 spiro atoms. The van der Waals surface area contributed by atoms with Gasteiger partial charge in [0.15, 0.2) is 0 Å². The van der Waals surface area contributed by atoms with Crippen LogP contribution in [0.15, 0.2) is 34.7 Å². The highest BCUT2D eigenvalue weighted by Crippen LogP contribution is 2.27. The average molecular weight is 276 g/mol. The Morgan fingerprint density at radius 2 is 2.00 bits per heavy atom. The van der Waals surface area contributed by atoms with Gasteiger partial charge in [-0.3, -0.25) is 0 Å². The molecule has 1 aliphatic carbocycles. The quantitative estimate of drug-likeness (QED) is 0.914. The molecule has 0 saturated carbocycles. The molecule has 0 saturated heterocycles. The van der Waals surface area contributed by atoms with Crippen LogP contribution < -0.4 is 5.32 Å². The monoisotopic (exact) mass is 275 g/mol. The first-order chi connectivity index (χ1) is 9.11. The Hall–Kier alpha value is -1.25. The molecule has 100 valence electrons. The average Bonchev–Trinajstić information content (AvgIpc) is 2.94. The van der Waals surface area contributed by atoms with Crippen molar-refractivity contribution in [2.75, 3.05) is 0 Å². The smallest absolute Gasteiger partial charge is 0.120 e. The van der Waals surface area contributed by atoms with Crippen LogP contribution in [0.2, 0.25) is 5.02 Å². The lowest BCUT2D eigenvalue weighted by molar-refractivity contribution is 0.383. The fraction of sp³-hybridized carbons (Fsp3) is 0.375. The number of fused-ring (bicyclic) bond motifs is 1. The van der Waals surface area contributed by atoms with Crippen molar-refractivity contribution in [3.8, 4) is 0 Å². The predicted octanol–water partition coefficient (Wildman–Crippen LogP) is 4.06. The van der Waals surface area contributed by atoms with E-state index in [0.717, 1.165) is 29.4 Å². The van der Waals surface area contributed by atoms with Crippen LogP contribution in [0.3, 0.4) is 0 Å². The Bertz CT molecular complexity index is 590. The van der Waals surface area contributed by atoms with E-state index in [0.29, 0.717) is 6.04 Å². The van der Waals surface area contributed by atoms with E-state index in [1.54, 1.807) is 0 Å². The molecule has 3 heteroatoms. The number of rotatable bonds is 3. The lowest BCUT2D eigenvalue weighted by Gasteiger charge is -2.17. The van der Waals surface area contributed by atoms with E-state index in [1.807, 2.05) is 25.1 Å². The number of furan rings is 1. The van der Waals surface area contributed by atoms with Crippen LogP contribution in [-0.2, 0) is 12.8 Å². The molecule has 1 aromatic carbocycles. The molecular weight excluding hydrogens is 258 g/mol. The minimum Gasteiger partial charge on any atom is -0.465 e. The maximum Gasteiger partial charge on any atom is 0.120 e. The summed E-state index contributed by atoms with van der Waals surface area (Å²) in [5.74, 6) is 1.97. The Labute approximate surface area is 118 Å². The molecule has 3 rings (SSSR count). The van der Waals surface area contributed by atoms with Gasteiger partial charge in [0.1, 0.15) is 11.5 Å². The summed E-state index contributed by atoms with van der Waals surface area (Å²) in [7, 11) is 0. The molecule has 0 amide bonds. The van der Waals surface area contributed by atoms with Gasteiger partial charge in [-0.05, 0) is 62.1 Å². The van der Waals surface area contributed by atoms with Gasteiger partial charge in [-0.15, -0.1) is 0 Å². The first-order valence-electron chi connectivity index (χ1n) is 6.71. The first-order valence-corrected chi connectivity index (χ1v) is 7.09. The molecule has 1 N–H and O–H groups in total. The van der Waals surface area contributed by atoms with E-state index >= 15 is 0 Å². The van der Waals surface area contributed by atoms with Crippen molar-refractivity contribution in [1.82, 2.24) is 5.32 Å². The van der Waals surface area contributed by atoms with Crippen LogP contribution in [-0.4, -0.2) is 6.04 Å². The van der Waals surface area contributed by atoms with Gasteiger partial charge < -0.3 is 9.73 Å². The van der Waals surface area contributed by atoms with Gasteiger partial charge in [0.25, 0.3) is 0 Å². The fourth-order valence-corrected chi connectivity index (χ4v) is 3.02. The van der Waals surface area contributed by atoms with Gasteiger partial charge in [-0.25, -0.2) is 0 Å². The van der Waals surface area contributed by atoms with Crippen molar-refractivity contribution in [1.29, 1.82) is 0 Å². The summed E-state index contributed by atoms with van der Waals surface area (Å²) in [4.78, 5) is 0. The Balaban J connectivity index is 1.67. The van der Waals surface area contributed by atoms with Crippen LogP contribution >= 0.6 is 11.6 Å². The van der Waals surface area contributed by atoms with Crippen molar-refractivity contribution in [2.24, 2.45) is 0 Å². The molecular formula is C16H18ClNO. The zero-order valence-electron chi connectivity index (χ0n) is 11.2. The maximum atomic E-state index is 6.04. The zero-order valence-corrected chi connectivity index (χ0v) is 12.0. The van der Waals surface area contributed by atoms with Gasteiger partial charge in [-0.2, -0.15) is 0 Å². The van der Waals surface area contributed by atoms with Gasteiger partial charge in [-0.1, -0.05) is 17.7 Å².